The van der Waals surface area contributed by atoms with Gasteiger partial charge in [0, 0.05) is 30.9 Å². The Bertz CT molecular complexity index is 698. The van der Waals surface area contributed by atoms with Gasteiger partial charge in [0.25, 0.3) is 0 Å². The minimum absolute atomic E-state index is 0.0537. The number of hydrogen-bond acceptors (Lipinski definition) is 4. The molecule has 3 rings (SSSR count). The first-order valence-electron chi connectivity index (χ1n) is 8.02. The van der Waals surface area contributed by atoms with Crippen molar-refractivity contribution in [3.8, 4) is 0 Å². The van der Waals surface area contributed by atoms with Crippen LogP contribution in [0.3, 0.4) is 0 Å². The molecule has 23 heavy (non-hydrogen) atoms. The standard InChI is InChI=1S/C18H22N2O2S/c1-3-17-19-13(11-23-17)8-20-9-15(16(10-20)18(21)22)14-7-5-4-6-12(14)2/h4-7,11,15-16H,3,8-10H2,1-2H3,(H,21,22)/t15-,16+/m0/s1. The highest BCUT2D eigenvalue weighted by molar-refractivity contribution is 7.09. The van der Waals surface area contributed by atoms with Crippen LogP contribution in [-0.2, 0) is 17.8 Å². The van der Waals surface area contributed by atoms with Crippen LogP contribution in [0.1, 0.15) is 34.7 Å². The van der Waals surface area contributed by atoms with Crippen LogP contribution >= 0.6 is 11.3 Å². The van der Waals surface area contributed by atoms with E-state index in [2.05, 4.69) is 41.2 Å². The first-order valence-corrected chi connectivity index (χ1v) is 8.90. The maximum atomic E-state index is 11.7. The molecule has 1 fully saturated rings. The number of carboxylic acids is 1. The molecule has 1 aromatic carbocycles. The van der Waals surface area contributed by atoms with Crippen molar-refractivity contribution in [3.05, 3.63) is 51.5 Å². The molecule has 0 unspecified atom stereocenters. The molecule has 0 bridgehead atoms. The van der Waals surface area contributed by atoms with Crippen LogP contribution in [0.25, 0.3) is 0 Å². The SMILES string of the molecule is CCc1nc(CN2C[C@@H](C(=O)O)[C@H](c3ccccc3C)C2)cs1. The minimum atomic E-state index is -0.701. The topological polar surface area (TPSA) is 53.4 Å². The number of nitrogens with zero attached hydrogens (tertiary/aromatic N) is 2. The van der Waals surface area contributed by atoms with E-state index in [-0.39, 0.29) is 11.8 Å². The summed E-state index contributed by atoms with van der Waals surface area (Å²) in [5, 5.41) is 12.9. The number of aromatic nitrogens is 1. The third-order valence-corrected chi connectivity index (χ3v) is 5.63. The molecule has 1 saturated heterocycles. The molecule has 0 spiro atoms. The van der Waals surface area contributed by atoms with Gasteiger partial charge in [0.2, 0.25) is 0 Å². The summed E-state index contributed by atoms with van der Waals surface area (Å²) in [7, 11) is 0. The smallest absolute Gasteiger partial charge is 0.308 e. The third-order valence-electron chi connectivity index (χ3n) is 4.59. The fourth-order valence-electron chi connectivity index (χ4n) is 3.40. The van der Waals surface area contributed by atoms with Crippen LogP contribution in [0.15, 0.2) is 29.6 Å². The van der Waals surface area contributed by atoms with Crippen LogP contribution in [0.5, 0.6) is 0 Å². The van der Waals surface area contributed by atoms with Gasteiger partial charge in [-0.25, -0.2) is 4.98 Å². The van der Waals surface area contributed by atoms with Crippen molar-refractivity contribution in [1.82, 2.24) is 9.88 Å². The van der Waals surface area contributed by atoms with Gasteiger partial charge < -0.3 is 5.11 Å². The highest BCUT2D eigenvalue weighted by atomic mass is 32.1. The fraction of sp³-hybridized carbons (Fsp3) is 0.444. The monoisotopic (exact) mass is 330 g/mol. The highest BCUT2D eigenvalue weighted by Crippen LogP contribution is 2.35. The highest BCUT2D eigenvalue weighted by Gasteiger charge is 2.39. The zero-order chi connectivity index (χ0) is 16.4. The predicted octanol–water partition coefficient (Wildman–Crippen LogP) is 3.31. The van der Waals surface area contributed by atoms with Crippen molar-refractivity contribution in [3.63, 3.8) is 0 Å². The molecule has 2 aromatic rings. The number of thiazole rings is 1. The van der Waals surface area contributed by atoms with E-state index in [1.165, 1.54) is 5.56 Å². The molecule has 2 heterocycles. The predicted molar refractivity (Wildman–Crippen MR) is 91.8 cm³/mol. The first-order chi connectivity index (χ1) is 11.1. The number of benzene rings is 1. The van der Waals surface area contributed by atoms with Crippen LogP contribution in [0, 0.1) is 12.8 Å². The van der Waals surface area contributed by atoms with Crippen molar-refractivity contribution in [2.24, 2.45) is 5.92 Å². The lowest BCUT2D eigenvalue weighted by Gasteiger charge is -2.17. The molecule has 2 atom stereocenters. The molecule has 122 valence electrons. The van der Waals surface area contributed by atoms with Crippen molar-refractivity contribution >= 4 is 17.3 Å². The summed E-state index contributed by atoms with van der Waals surface area (Å²) < 4.78 is 0. The normalized spacial score (nSPS) is 21.7. The summed E-state index contributed by atoms with van der Waals surface area (Å²) in [6, 6.07) is 8.13. The second-order valence-electron chi connectivity index (χ2n) is 6.19. The molecule has 1 aromatic heterocycles. The van der Waals surface area contributed by atoms with E-state index in [4.69, 9.17) is 0 Å². The van der Waals surface area contributed by atoms with Crippen LogP contribution < -0.4 is 0 Å². The fourth-order valence-corrected chi connectivity index (χ4v) is 4.13. The zero-order valence-corrected chi connectivity index (χ0v) is 14.3. The van der Waals surface area contributed by atoms with E-state index in [1.807, 2.05) is 12.1 Å². The number of carboxylic acid groups (broad SMARTS) is 1. The number of aryl methyl sites for hydroxylation is 2. The van der Waals surface area contributed by atoms with Gasteiger partial charge in [-0.1, -0.05) is 31.2 Å². The number of aliphatic carboxylic acids is 1. The Morgan fingerprint density at radius 3 is 2.83 bits per heavy atom. The van der Waals surface area contributed by atoms with Gasteiger partial charge in [-0.05, 0) is 24.5 Å². The van der Waals surface area contributed by atoms with E-state index in [0.717, 1.165) is 35.8 Å². The van der Waals surface area contributed by atoms with Crippen molar-refractivity contribution in [1.29, 1.82) is 0 Å². The largest absolute Gasteiger partial charge is 0.481 e. The molecule has 4 nitrogen and oxygen atoms in total. The molecule has 5 heteroatoms. The van der Waals surface area contributed by atoms with Gasteiger partial charge in [0.05, 0.1) is 16.6 Å². The number of hydrogen-bond donors (Lipinski definition) is 1. The Morgan fingerprint density at radius 1 is 1.39 bits per heavy atom. The first kappa shape index (κ1) is 16.1. The number of rotatable bonds is 5. The van der Waals surface area contributed by atoms with Crippen LogP contribution in [0.4, 0.5) is 0 Å². The Balaban J connectivity index is 1.78. The zero-order valence-electron chi connectivity index (χ0n) is 13.5. The molecule has 0 aliphatic carbocycles. The molecular formula is C18H22N2O2S. The van der Waals surface area contributed by atoms with Crippen LogP contribution in [0.2, 0.25) is 0 Å². The molecule has 0 amide bonds. The van der Waals surface area contributed by atoms with Crippen molar-refractivity contribution in [2.45, 2.75) is 32.7 Å². The molecule has 1 aliphatic heterocycles. The lowest BCUT2D eigenvalue weighted by Crippen LogP contribution is -2.23. The van der Waals surface area contributed by atoms with E-state index in [9.17, 15) is 9.90 Å². The lowest BCUT2D eigenvalue weighted by molar-refractivity contribution is -0.141. The van der Waals surface area contributed by atoms with Gasteiger partial charge in [0.1, 0.15) is 0 Å². The van der Waals surface area contributed by atoms with Gasteiger partial charge in [-0.15, -0.1) is 11.3 Å². The second kappa shape index (κ2) is 6.81. The van der Waals surface area contributed by atoms with E-state index >= 15 is 0 Å². The minimum Gasteiger partial charge on any atom is -0.481 e. The Kier molecular flexibility index (Phi) is 4.78. The maximum absolute atomic E-state index is 11.7. The van der Waals surface area contributed by atoms with Crippen molar-refractivity contribution in [2.75, 3.05) is 13.1 Å². The van der Waals surface area contributed by atoms with Gasteiger partial charge in [-0.3, -0.25) is 9.69 Å². The molecular weight excluding hydrogens is 308 g/mol. The second-order valence-corrected chi connectivity index (χ2v) is 7.13. The summed E-state index contributed by atoms with van der Waals surface area (Å²) in [5.41, 5.74) is 3.39. The van der Waals surface area contributed by atoms with Gasteiger partial charge in [-0.2, -0.15) is 0 Å². The molecule has 0 saturated carbocycles. The lowest BCUT2D eigenvalue weighted by atomic mass is 9.86. The average Bonchev–Trinajstić information content (AvgIpc) is 3.15. The van der Waals surface area contributed by atoms with Gasteiger partial charge >= 0.3 is 5.97 Å². The third kappa shape index (κ3) is 3.46. The van der Waals surface area contributed by atoms with Crippen LogP contribution in [-0.4, -0.2) is 34.0 Å². The maximum Gasteiger partial charge on any atom is 0.308 e. The summed E-state index contributed by atoms with van der Waals surface area (Å²) >= 11 is 1.69. The Hall–Kier alpha value is -1.72. The van der Waals surface area contributed by atoms with E-state index < -0.39 is 5.97 Å². The number of carbonyl (C=O) groups is 1. The summed E-state index contributed by atoms with van der Waals surface area (Å²) in [6.07, 6.45) is 0.953. The summed E-state index contributed by atoms with van der Waals surface area (Å²) in [6.45, 7) is 6.27. The number of likely N-dealkylation sites (tertiary alicyclic amines) is 1. The van der Waals surface area contributed by atoms with Crippen molar-refractivity contribution < 1.29 is 9.90 Å². The summed E-state index contributed by atoms with van der Waals surface area (Å²) in [5.74, 6) is -0.994. The quantitative estimate of drug-likeness (QED) is 0.914. The average molecular weight is 330 g/mol. The van der Waals surface area contributed by atoms with Gasteiger partial charge in [0.15, 0.2) is 0 Å². The molecule has 1 N–H and O–H groups in total. The summed E-state index contributed by atoms with van der Waals surface area (Å²) in [4.78, 5) is 18.5. The Labute approximate surface area is 140 Å². The van der Waals surface area contributed by atoms with E-state index in [1.54, 1.807) is 11.3 Å². The molecule has 0 radical (unpaired) electrons. The van der Waals surface area contributed by atoms with E-state index in [0.29, 0.717) is 6.54 Å². The molecule has 1 aliphatic rings. The Morgan fingerprint density at radius 2 is 2.17 bits per heavy atom.